The first-order chi connectivity index (χ1) is 13.6. The van der Waals surface area contributed by atoms with Crippen LogP contribution in [0.4, 0.5) is 10.1 Å². The van der Waals surface area contributed by atoms with Crippen molar-refractivity contribution in [1.82, 2.24) is 4.98 Å². The Labute approximate surface area is 160 Å². The number of halogens is 1. The summed E-state index contributed by atoms with van der Waals surface area (Å²) in [4.78, 5) is 30.8. The van der Waals surface area contributed by atoms with E-state index in [4.69, 9.17) is 0 Å². The zero-order valence-corrected chi connectivity index (χ0v) is 14.6. The summed E-state index contributed by atoms with van der Waals surface area (Å²) in [7, 11) is 0. The van der Waals surface area contributed by atoms with Crippen molar-refractivity contribution in [3.63, 3.8) is 0 Å². The van der Waals surface area contributed by atoms with E-state index >= 15 is 0 Å². The lowest BCUT2D eigenvalue weighted by Gasteiger charge is -2.25. The Morgan fingerprint density at radius 1 is 0.964 bits per heavy atom. The van der Waals surface area contributed by atoms with Crippen molar-refractivity contribution in [1.29, 1.82) is 0 Å². The molecule has 5 nitrogen and oxygen atoms in total. The number of Topliss-reactive ketones (excluding diaryl/α,β-unsaturated/α-hetero) is 1. The average molecular weight is 374 g/mol. The molecule has 1 amide bonds. The van der Waals surface area contributed by atoms with Gasteiger partial charge in [0.25, 0.3) is 11.7 Å². The van der Waals surface area contributed by atoms with Crippen LogP contribution in [0, 0.1) is 5.82 Å². The number of nitrogens with zero attached hydrogens (tertiary/aromatic N) is 2. The molecule has 1 aliphatic heterocycles. The van der Waals surface area contributed by atoms with Gasteiger partial charge in [-0.25, -0.2) is 4.39 Å². The first kappa shape index (κ1) is 17.6. The Kier molecular flexibility index (Phi) is 4.45. The number of amides is 1. The molecule has 0 radical (unpaired) electrons. The molecule has 0 bridgehead atoms. The highest BCUT2D eigenvalue weighted by Crippen LogP contribution is 2.42. The molecule has 3 aromatic rings. The van der Waals surface area contributed by atoms with E-state index in [0.717, 1.165) is 0 Å². The zero-order valence-electron chi connectivity index (χ0n) is 14.6. The quantitative estimate of drug-likeness (QED) is 0.430. The second-order valence-corrected chi connectivity index (χ2v) is 6.27. The number of hydrogen-bond donors (Lipinski definition) is 1. The monoisotopic (exact) mass is 374 g/mol. The van der Waals surface area contributed by atoms with Crippen LogP contribution in [-0.2, 0) is 9.59 Å². The number of aliphatic hydroxyl groups excluding tert-OH is 1. The summed E-state index contributed by atoms with van der Waals surface area (Å²) in [6.45, 7) is 0. The molecule has 0 unspecified atom stereocenters. The molecule has 1 aliphatic rings. The van der Waals surface area contributed by atoms with Crippen LogP contribution in [0.15, 0.2) is 84.7 Å². The molecule has 6 heteroatoms. The minimum Gasteiger partial charge on any atom is -0.507 e. The van der Waals surface area contributed by atoms with Gasteiger partial charge in [-0.3, -0.25) is 19.5 Å². The molecule has 138 valence electrons. The summed E-state index contributed by atoms with van der Waals surface area (Å²) in [5, 5.41) is 10.8. The van der Waals surface area contributed by atoms with Gasteiger partial charge in [0, 0.05) is 17.3 Å². The van der Waals surface area contributed by atoms with Crippen molar-refractivity contribution < 1.29 is 19.1 Å². The second-order valence-electron chi connectivity index (χ2n) is 6.27. The van der Waals surface area contributed by atoms with Crippen LogP contribution in [0.5, 0.6) is 0 Å². The predicted octanol–water partition coefficient (Wildman–Crippen LogP) is 3.85. The van der Waals surface area contributed by atoms with E-state index in [2.05, 4.69) is 4.98 Å². The van der Waals surface area contributed by atoms with Gasteiger partial charge >= 0.3 is 0 Å². The van der Waals surface area contributed by atoms with Crippen LogP contribution in [-0.4, -0.2) is 21.8 Å². The fourth-order valence-electron chi connectivity index (χ4n) is 3.34. The van der Waals surface area contributed by atoms with Gasteiger partial charge in [0.2, 0.25) is 0 Å². The first-order valence-electron chi connectivity index (χ1n) is 8.60. The standard InChI is InChI=1S/C22H15FN2O3/c23-17-11-5-4-10-16(17)19-18(20(26)14-7-2-1-3-8-14)21(27)22(28)25(19)15-9-6-12-24-13-15/h1-13,19,26H/t19-/m1/s1. The van der Waals surface area contributed by atoms with E-state index in [0.29, 0.717) is 11.3 Å². The number of aromatic nitrogens is 1. The minimum absolute atomic E-state index is 0.114. The van der Waals surface area contributed by atoms with Crippen LogP contribution >= 0.6 is 0 Å². The summed E-state index contributed by atoms with van der Waals surface area (Å²) in [5.74, 6) is -2.65. The Morgan fingerprint density at radius 2 is 1.68 bits per heavy atom. The molecule has 28 heavy (non-hydrogen) atoms. The van der Waals surface area contributed by atoms with E-state index < -0.39 is 23.5 Å². The second kappa shape index (κ2) is 7.08. The Morgan fingerprint density at radius 3 is 2.36 bits per heavy atom. The fourth-order valence-corrected chi connectivity index (χ4v) is 3.34. The number of anilines is 1. The van der Waals surface area contributed by atoms with Crippen LogP contribution in [0.2, 0.25) is 0 Å². The Hall–Kier alpha value is -3.80. The van der Waals surface area contributed by atoms with Crippen LogP contribution < -0.4 is 4.90 Å². The molecule has 1 saturated heterocycles. The zero-order chi connectivity index (χ0) is 19.7. The number of pyridine rings is 1. The maximum atomic E-state index is 14.7. The van der Waals surface area contributed by atoms with Gasteiger partial charge in [0.05, 0.1) is 23.5 Å². The first-order valence-corrected chi connectivity index (χ1v) is 8.60. The lowest BCUT2D eigenvalue weighted by Crippen LogP contribution is -2.29. The third kappa shape index (κ3) is 2.85. The predicted molar refractivity (Wildman–Crippen MR) is 102 cm³/mol. The molecule has 1 aromatic heterocycles. The number of rotatable bonds is 3. The van der Waals surface area contributed by atoms with E-state index in [1.54, 1.807) is 48.5 Å². The van der Waals surface area contributed by atoms with Crippen LogP contribution in [0.25, 0.3) is 5.76 Å². The van der Waals surface area contributed by atoms with Crippen molar-refractivity contribution in [3.05, 3.63) is 102 Å². The molecule has 1 N–H and O–H groups in total. The van der Waals surface area contributed by atoms with Gasteiger partial charge < -0.3 is 5.11 Å². The molecule has 2 aromatic carbocycles. The summed E-state index contributed by atoms with van der Waals surface area (Å²) in [6.07, 6.45) is 2.95. The van der Waals surface area contributed by atoms with Crippen molar-refractivity contribution in [3.8, 4) is 0 Å². The van der Waals surface area contributed by atoms with Gasteiger partial charge in [-0.2, -0.15) is 0 Å². The van der Waals surface area contributed by atoms with Crippen LogP contribution in [0.1, 0.15) is 17.2 Å². The molecule has 1 fully saturated rings. The smallest absolute Gasteiger partial charge is 0.300 e. The number of hydrogen-bond acceptors (Lipinski definition) is 4. The molecule has 0 spiro atoms. The highest BCUT2D eigenvalue weighted by Gasteiger charge is 2.47. The van der Waals surface area contributed by atoms with Gasteiger partial charge in [-0.1, -0.05) is 48.5 Å². The highest BCUT2D eigenvalue weighted by atomic mass is 19.1. The van der Waals surface area contributed by atoms with E-state index in [1.807, 2.05) is 0 Å². The summed E-state index contributed by atoms with van der Waals surface area (Å²) in [5.41, 5.74) is 0.658. The fraction of sp³-hybridized carbons (Fsp3) is 0.0455. The maximum Gasteiger partial charge on any atom is 0.300 e. The normalized spacial score (nSPS) is 18.5. The van der Waals surface area contributed by atoms with Gasteiger partial charge in [-0.05, 0) is 18.2 Å². The SMILES string of the molecule is O=C1C(=O)N(c2cccnc2)[C@H](c2ccccc2F)C1=C(O)c1ccccc1. The lowest BCUT2D eigenvalue weighted by atomic mass is 9.95. The highest BCUT2D eigenvalue weighted by molar-refractivity contribution is 6.51. The molecule has 4 rings (SSSR count). The van der Waals surface area contributed by atoms with E-state index in [-0.39, 0.29) is 16.9 Å². The van der Waals surface area contributed by atoms with Gasteiger partial charge in [0.1, 0.15) is 11.6 Å². The molecule has 0 saturated carbocycles. The largest absolute Gasteiger partial charge is 0.507 e. The molecule has 2 heterocycles. The van der Waals surface area contributed by atoms with E-state index in [9.17, 15) is 19.1 Å². The third-order valence-electron chi connectivity index (χ3n) is 4.62. The molecular weight excluding hydrogens is 359 g/mol. The average Bonchev–Trinajstić information content (AvgIpc) is 3.00. The Balaban J connectivity index is 1.98. The van der Waals surface area contributed by atoms with Crippen molar-refractivity contribution in [2.75, 3.05) is 4.90 Å². The molecule has 0 aliphatic carbocycles. The number of benzene rings is 2. The number of aliphatic hydroxyl groups is 1. The van der Waals surface area contributed by atoms with E-state index in [1.165, 1.54) is 35.5 Å². The summed E-state index contributed by atoms with van der Waals surface area (Å²) >= 11 is 0. The van der Waals surface area contributed by atoms with Gasteiger partial charge in [-0.15, -0.1) is 0 Å². The van der Waals surface area contributed by atoms with Crippen LogP contribution in [0.3, 0.4) is 0 Å². The number of carbonyl (C=O) groups excluding carboxylic acids is 2. The summed E-state index contributed by atoms with van der Waals surface area (Å²) < 4.78 is 14.7. The van der Waals surface area contributed by atoms with Crippen molar-refractivity contribution >= 4 is 23.1 Å². The summed E-state index contributed by atoms with van der Waals surface area (Å²) in [6, 6.07) is 16.4. The van der Waals surface area contributed by atoms with Crippen molar-refractivity contribution in [2.45, 2.75) is 6.04 Å². The minimum atomic E-state index is -1.11. The number of ketones is 1. The third-order valence-corrected chi connectivity index (χ3v) is 4.62. The van der Waals surface area contributed by atoms with Gasteiger partial charge in [0.15, 0.2) is 0 Å². The molecular formula is C22H15FN2O3. The maximum absolute atomic E-state index is 14.7. The molecule has 1 atom stereocenters. The van der Waals surface area contributed by atoms with Crippen molar-refractivity contribution in [2.24, 2.45) is 0 Å². The topological polar surface area (TPSA) is 70.5 Å². The lowest BCUT2D eigenvalue weighted by molar-refractivity contribution is -0.132. The number of carbonyl (C=O) groups is 2. The Bertz CT molecular complexity index is 1080.